The molecule has 146 valence electrons. The Morgan fingerprint density at radius 3 is 2.93 bits per heavy atom. The van der Waals surface area contributed by atoms with Crippen molar-refractivity contribution in [1.29, 1.82) is 0 Å². The van der Waals surface area contributed by atoms with E-state index in [-0.39, 0.29) is 11.8 Å². The van der Waals surface area contributed by atoms with Gasteiger partial charge in [-0.25, -0.2) is 4.98 Å². The van der Waals surface area contributed by atoms with Crippen molar-refractivity contribution in [2.75, 3.05) is 16.4 Å². The Kier molecular flexibility index (Phi) is 6.17. The first-order valence-corrected chi connectivity index (χ1v) is 11.2. The lowest BCUT2D eigenvalue weighted by atomic mass is 10.1. The van der Waals surface area contributed by atoms with Crippen molar-refractivity contribution in [3.63, 3.8) is 0 Å². The quantitative estimate of drug-likeness (QED) is 0.564. The van der Waals surface area contributed by atoms with Gasteiger partial charge in [0.15, 0.2) is 0 Å². The van der Waals surface area contributed by atoms with Crippen LogP contribution in [-0.4, -0.2) is 22.6 Å². The molecule has 0 radical (unpaired) electrons. The van der Waals surface area contributed by atoms with Gasteiger partial charge in [-0.15, -0.1) is 23.5 Å². The van der Waals surface area contributed by atoms with Gasteiger partial charge in [-0.05, 0) is 48.0 Å². The van der Waals surface area contributed by atoms with Gasteiger partial charge < -0.3 is 10.6 Å². The summed E-state index contributed by atoms with van der Waals surface area (Å²) in [5.41, 5.74) is 3.05. The zero-order chi connectivity index (χ0) is 20.1. The van der Waals surface area contributed by atoms with Crippen LogP contribution >= 0.6 is 23.5 Å². The minimum atomic E-state index is -0.203. The topological polar surface area (TPSA) is 71.1 Å². The standard InChI is InChI=1S/C22H19N3O2S2/c26-20-9-11-28-19-8-7-16(13-18(19)25-20)22(27)24-17-5-3-4-15(12-17)14-29-21-6-1-2-10-23-21/h1-8,10,12-13H,9,11,14H2,(H,24,27)(H,25,26). The summed E-state index contributed by atoms with van der Waals surface area (Å²) in [6, 6.07) is 19.1. The fourth-order valence-corrected chi connectivity index (χ4v) is 4.63. The molecule has 3 aromatic rings. The smallest absolute Gasteiger partial charge is 0.255 e. The van der Waals surface area contributed by atoms with E-state index in [0.717, 1.165) is 32.7 Å². The van der Waals surface area contributed by atoms with Gasteiger partial charge in [-0.2, -0.15) is 0 Å². The van der Waals surface area contributed by atoms with Gasteiger partial charge in [-0.3, -0.25) is 9.59 Å². The molecule has 0 aliphatic carbocycles. The molecule has 1 aliphatic heterocycles. The summed E-state index contributed by atoms with van der Waals surface area (Å²) in [5.74, 6) is 1.29. The average Bonchev–Trinajstić information content (AvgIpc) is 2.93. The summed E-state index contributed by atoms with van der Waals surface area (Å²) in [4.78, 5) is 29.8. The maximum atomic E-state index is 12.7. The van der Waals surface area contributed by atoms with Crippen molar-refractivity contribution in [3.8, 4) is 0 Å². The Balaban J connectivity index is 1.44. The Labute approximate surface area is 177 Å². The summed E-state index contributed by atoms with van der Waals surface area (Å²) >= 11 is 3.27. The third-order valence-corrected chi connectivity index (χ3v) is 6.40. The van der Waals surface area contributed by atoms with E-state index < -0.39 is 0 Å². The van der Waals surface area contributed by atoms with E-state index in [2.05, 4.69) is 15.6 Å². The molecule has 2 heterocycles. The molecule has 5 nitrogen and oxygen atoms in total. The molecule has 0 saturated heterocycles. The first-order valence-electron chi connectivity index (χ1n) is 9.18. The molecule has 0 spiro atoms. The SMILES string of the molecule is O=C1CCSc2ccc(C(=O)Nc3cccc(CSc4ccccn4)c3)cc2N1. The van der Waals surface area contributed by atoms with Gasteiger partial charge in [0.2, 0.25) is 5.91 Å². The Morgan fingerprint density at radius 2 is 2.07 bits per heavy atom. The predicted molar refractivity (Wildman–Crippen MR) is 119 cm³/mol. The van der Waals surface area contributed by atoms with E-state index in [9.17, 15) is 9.59 Å². The molecule has 2 N–H and O–H groups in total. The molecular weight excluding hydrogens is 402 g/mol. The van der Waals surface area contributed by atoms with Crippen LogP contribution in [0.25, 0.3) is 0 Å². The normalized spacial score (nSPS) is 13.2. The van der Waals surface area contributed by atoms with E-state index in [4.69, 9.17) is 0 Å². The molecule has 0 bridgehead atoms. The number of benzene rings is 2. The van der Waals surface area contributed by atoms with Crippen molar-refractivity contribution in [2.45, 2.75) is 22.1 Å². The first kappa shape index (κ1) is 19.5. The summed E-state index contributed by atoms with van der Waals surface area (Å²) in [5, 5.41) is 6.79. The summed E-state index contributed by atoms with van der Waals surface area (Å²) in [6.45, 7) is 0. The van der Waals surface area contributed by atoms with Gasteiger partial charge in [0.1, 0.15) is 0 Å². The van der Waals surface area contributed by atoms with E-state index in [1.165, 1.54) is 0 Å². The molecule has 29 heavy (non-hydrogen) atoms. The highest BCUT2D eigenvalue weighted by molar-refractivity contribution is 7.99. The second kappa shape index (κ2) is 9.15. The molecular formula is C22H19N3O2S2. The number of pyridine rings is 1. The third-order valence-electron chi connectivity index (χ3n) is 4.31. The van der Waals surface area contributed by atoms with Crippen LogP contribution in [0.1, 0.15) is 22.3 Å². The van der Waals surface area contributed by atoms with E-state index in [1.807, 2.05) is 48.5 Å². The van der Waals surface area contributed by atoms with E-state index in [1.54, 1.807) is 41.9 Å². The number of rotatable bonds is 5. The number of hydrogen-bond donors (Lipinski definition) is 2. The highest BCUT2D eigenvalue weighted by Gasteiger charge is 2.16. The summed E-state index contributed by atoms with van der Waals surface area (Å²) in [7, 11) is 0. The number of amides is 2. The third kappa shape index (κ3) is 5.19. The van der Waals surface area contributed by atoms with Crippen molar-refractivity contribution >= 4 is 46.7 Å². The maximum absolute atomic E-state index is 12.7. The van der Waals surface area contributed by atoms with Crippen LogP contribution < -0.4 is 10.6 Å². The highest BCUT2D eigenvalue weighted by atomic mass is 32.2. The molecule has 7 heteroatoms. The minimum absolute atomic E-state index is 0.0214. The number of aromatic nitrogens is 1. The van der Waals surface area contributed by atoms with Gasteiger partial charge >= 0.3 is 0 Å². The number of fused-ring (bicyclic) bond motifs is 1. The molecule has 1 aromatic heterocycles. The monoisotopic (exact) mass is 421 g/mol. The largest absolute Gasteiger partial charge is 0.325 e. The summed E-state index contributed by atoms with van der Waals surface area (Å²) in [6.07, 6.45) is 2.25. The lowest BCUT2D eigenvalue weighted by Crippen LogP contribution is -2.14. The fraction of sp³-hybridized carbons (Fsp3) is 0.136. The second-order valence-electron chi connectivity index (χ2n) is 6.47. The van der Waals surface area contributed by atoms with Crippen LogP contribution in [0.2, 0.25) is 0 Å². The first-order chi connectivity index (χ1) is 14.2. The van der Waals surface area contributed by atoms with Gasteiger partial charge in [-0.1, -0.05) is 18.2 Å². The molecule has 2 amide bonds. The Hall–Kier alpha value is -2.77. The number of nitrogens with one attached hydrogen (secondary N) is 2. The van der Waals surface area contributed by atoms with Gasteiger partial charge in [0.05, 0.1) is 10.7 Å². The van der Waals surface area contributed by atoms with Crippen molar-refractivity contribution < 1.29 is 9.59 Å². The number of nitrogens with zero attached hydrogens (tertiary/aromatic N) is 1. The van der Waals surface area contributed by atoms with Gasteiger partial charge in [0, 0.05) is 40.3 Å². The van der Waals surface area contributed by atoms with Crippen LogP contribution in [0.3, 0.4) is 0 Å². The van der Waals surface area contributed by atoms with E-state index >= 15 is 0 Å². The van der Waals surface area contributed by atoms with Crippen LogP contribution in [0.5, 0.6) is 0 Å². The average molecular weight is 422 g/mol. The number of thioether (sulfide) groups is 2. The number of anilines is 2. The lowest BCUT2D eigenvalue weighted by Gasteiger charge is -2.10. The van der Waals surface area contributed by atoms with Crippen LogP contribution in [0.15, 0.2) is 76.8 Å². The Morgan fingerprint density at radius 1 is 1.14 bits per heavy atom. The molecule has 0 fully saturated rings. The number of carbonyl (C=O) groups is 2. The zero-order valence-corrected chi connectivity index (χ0v) is 17.2. The van der Waals surface area contributed by atoms with Crippen LogP contribution in [-0.2, 0) is 10.5 Å². The van der Waals surface area contributed by atoms with Crippen LogP contribution in [0.4, 0.5) is 11.4 Å². The molecule has 4 rings (SSSR count). The molecule has 2 aromatic carbocycles. The van der Waals surface area contributed by atoms with E-state index in [0.29, 0.717) is 17.7 Å². The van der Waals surface area contributed by atoms with Gasteiger partial charge in [0.25, 0.3) is 5.91 Å². The van der Waals surface area contributed by atoms with Crippen molar-refractivity contribution in [3.05, 3.63) is 78.0 Å². The number of hydrogen-bond acceptors (Lipinski definition) is 5. The minimum Gasteiger partial charge on any atom is -0.325 e. The Bertz CT molecular complexity index is 1040. The van der Waals surface area contributed by atoms with Crippen LogP contribution in [0, 0.1) is 0 Å². The van der Waals surface area contributed by atoms with Crippen molar-refractivity contribution in [1.82, 2.24) is 4.98 Å². The molecule has 0 unspecified atom stereocenters. The maximum Gasteiger partial charge on any atom is 0.255 e. The second-order valence-corrected chi connectivity index (χ2v) is 8.60. The zero-order valence-electron chi connectivity index (χ0n) is 15.6. The molecule has 0 atom stereocenters. The number of carbonyl (C=O) groups excluding carboxylic acids is 2. The fourth-order valence-electron chi connectivity index (χ4n) is 2.89. The summed E-state index contributed by atoms with van der Waals surface area (Å²) < 4.78 is 0. The lowest BCUT2D eigenvalue weighted by molar-refractivity contribution is -0.115. The predicted octanol–water partition coefficient (Wildman–Crippen LogP) is 5.06. The van der Waals surface area contributed by atoms with Crippen molar-refractivity contribution in [2.24, 2.45) is 0 Å². The highest BCUT2D eigenvalue weighted by Crippen LogP contribution is 2.31. The molecule has 1 aliphatic rings. The molecule has 0 saturated carbocycles.